The Morgan fingerprint density at radius 3 is 2.08 bits per heavy atom. The lowest BCUT2D eigenvalue weighted by Crippen LogP contribution is -2.24. The molecule has 192 valence electrons. The number of alkyl halides is 4. The highest BCUT2D eigenvalue weighted by molar-refractivity contribution is 7.92. The molecule has 0 aliphatic heterocycles. The number of pyridine rings is 2. The maximum absolute atomic E-state index is 13.6. The number of rotatable bonds is 9. The van der Waals surface area contributed by atoms with E-state index in [1.807, 2.05) is 0 Å². The minimum atomic E-state index is -3.88. The number of nitrogens with one attached hydrogen (secondary N) is 1. The van der Waals surface area contributed by atoms with Gasteiger partial charge in [0.1, 0.15) is 5.82 Å². The number of hydrogen-bond donors (Lipinski definition) is 1. The average Bonchev–Trinajstić information content (AvgIpc) is 2.89. The van der Waals surface area contributed by atoms with Crippen molar-refractivity contribution in [2.75, 3.05) is 4.72 Å². The molecule has 2 aromatic carbocycles. The summed E-state index contributed by atoms with van der Waals surface area (Å²) < 4.78 is 82.0. The highest BCUT2D eigenvalue weighted by atomic mass is 32.2. The van der Waals surface area contributed by atoms with Gasteiger partial charge in [0.2, 0.25) is 0 Å². The fraction of sp³-hybridized carbons (Fsp3) is 0.154. The third-order valence-electron chi connectivity index (χ3n) is 5.78. The van der Waals surface area contributed by atoms with Gasteiger partial charge < -0.3 is 5.21 Å². The predicted octanol–water partition coefficient (Wildman–Crippen LogP) is 5.77. The molecule has 0 saturated carbocycles. The first-order valence-electron chi connectivity index (χ1n) is 11.1. The third-order valence-corrected chi connectivity index (χ3v) is 7.15. The van der Waals surface area contributed by atoms with Crippen LogP contribution in [0.4, 0.5) is 23.4 Å². The lowest BCUT2D eigenvalue weighted by atomic mass is 9.85. The number of sulfonamides is 1. The smallest absolute Gasteiger partial charge is 0.264 e. The second kappa shape index (κ2) is 11.0. The van der Waals surface area contributed by atoms with Gasteiger partial charge in [0.05, 0.1) is 4.90 Å². The number of halogens is 4. The van der Waals surface area contributed by atoms with Crippen LogP contribution in [0, 0.1) is 5.21 Å². The maximum Gasteiger partial charge on any atom is 0.264 e. The monoisotopic (exact) mass is 531 g/mol. The topological polar surface area (TPSA) is 86.0 Å². The summed E-state index contributed by atoms with van der Waals surface area (Å²) >= 11 is 0. The van der Waals surface area contributed by atoms with E-state index in [0.29, 0.717) is 21.4 Å². The molecule has 2 aromatic heterocycles. The van der Waals surface area contributed by atoms with Crippen LogP contribution in [-0.4, -0.2) is 13.4 Å². The van der Waals surface area contributed by atoms with Gasteiger partial charge >= 0.3 is 0 Å². The highest BCUT2D eigenvalue weighted by Gasteiger charge is 2.24. The van der Waals surface area contributed by atoms with E-state index < -0.39 is 39.9 Å². The SMILES string of the molecule is O=S(=O)(Nc1ccc(C(Cc2cc[n+]([O-])cc2)c2ccc(C(F)F)c(C(F)F)c2)cn1)c1ccccc1. The quantitative estimate of drug-likeness (QED) is 0.169. The summed E-state index contributed by atoms with van der Waals surface area (Å²) in [4.78, 5) is 4.24. The van der Waals surface area contributed by atoms with Crippen molar-refractivity contribution in [3.63, 3.8) is 0 Å². The van der Waals surface area contributed by atoms with E-state index in [-0.39, 0.29) is 17.1 Å². The molecule has 37 heavy (non-hydrogen) atoms. The van der Waals surface area contributed by atoms with Crippen molar-refractivity contribution in [3.05, 3.63) is 124 Å². The van der Waals surface area contributed by atoms with Gasteiger partial charge in [-0.1, -0.05) is 36.4 Å². The summed E-state index contributed by atoms with van der Waals surface area (Å²) in [5.74, 6) is -0.557. The van der Waals surface area contributed by atoms with Gasteiger partial charge in [-0.25, -0.2) is 31.0 Å². The maximum atomic E-state index is 13.6. The van der Waals surface area contributed by atoms with Gasteiger partial charge in [0.25, 0.3) is 22.9 Å². The molecule has 6 nitrogen and oxygen atoms in total. The number of benzene rings is 2. The Morgan fingerprint density at radius 2 is 1.49 bits per heavy atom. The normalized spacial score (nSPS) is 12.6. The summed E-state index contributed by atoms with van der Waals surface area (Å²) in [6, 6.07) is 17.3. The van der Waals surface area contributed by atoms with Gasteiger partial charge in [-0.15, -0.1) is 0 Å². The van der Waals surface area contributed by atoms with Crippen LogP contribution < -0.4 is 9.45 Å². The molecule has 4 rings (SSSR count). The zero-order chi connectivity index (χ0) is 26.6. The summed E-state index contributed by atoms with van der Waals surface area (Å²) in [6.07, 6.45) is -1.94. The van der Waals surface area contributed by atoms with Crippen LogP contribution in [-0.2, 0) is 16.4 Å². The van der Waals surface area contributed by atoms with E-state index in [1.54, 1.807) is 36.4 Å². The van der Waals surface area contributed by atoms with Gasteiger partial charge in [-0.3, -0.25) is 4.72 Å². The first-order chi connectivity index (χ1) is 17.6. The van der Waals surface area contributed by atoms with Crippen molar-refractivity contribution in [3.8, 4) is 0 Å². The number of hydrogen-bond acceptors (Lipinski definition) is 4. The van der Waals surface area contributed by atoms with Crippen molar-refractivity contribution in [2.24, 2.45) is 0 Å². The second-order valence-corrected chi connectivity index (χ2v) is 9.89. The molecule has 0 radical (unpaired) electrons. The molecule has 11 heteroatoms. The van der Waals surface area contributed by atoms with E-state index >= 15 is 0 Å². The molecular formula is C26H21F4N3O3S. The molecule has 0 aliphatic rings. The molecule has 1 atom stereocenters. The van der Waals surface area contributed by atoms with Crippen LogP contribution >= 0.6 is 0 Å². The van der Waals surface area contributed by atoms with Crippen LogP contribution in [0.1, 0.15) is 46.6 Å². The summed E-state index contributed by atoms with van der Waals surface area (Å²) in [5, 5.41) is 11.4. The molecule has 0 fully saturated rings. The van der Waals surface area contributed by atoms with Crippen molar-refractivity contribution in [1.82, 2.24) is 4.98 Å². The molecule has 1 N–H and O–H groups in total. The Kier molecular flexibility index (Phi) is 7.72. The van der Waals surface area contributed by atoms with E-state index in [1.165, 1.54) is 42.9 Å². The standard InChI is InChI=1S/C26H21F4N3O3S/c27-25(28)21-8-6-18(15-23(21)26(29)30)22(14-17-10-12-33(34)13-11-17)19-7-9-24(31-16-19)32-37(35,36)20-4-2-1-3-5-20/h1-13,15-16,22,25-26H,14H2,(H,31,32). The minimum absolute atomic E-state index is 0.0415. The van der Waals surface area contributed by atoms with Crippen molar-refractivity contribution < 1.29 is 30.7 Å². The van der Waals surface area contributed by atoms with Crippen molar-refractivity contribution >= 4 is 15.8 Å². The number of nitrogens with zero attached hydrogens (tertiary/aromatic N) is 2. The zero-order valence-corrected chi connectivity index (χ0v) is 20.0. The van der Waals surface area contributed by atoms with Gasteiger partial charge in [-0.05, 0) is 47.4 Å². The Labute approximate surface area is 210 Å². The first kappa shape index (κ1) is 26.1. The van der Waals surface area contributed by atoms with Gasteiger partial charge in [0, 0.05) is 35.4 Å². The van der Waals surface area contributed by atoms with E-state index in [0.717, 1.165) is 12.1 Å². The van der Waals surface area contributed by atoms with Crippen LogP contribution in [0.15, 0.2) is 96.3 Å². The molecule has 0 amide bonds. The number of anilines is 1. The highest BCUT2D eigenvalue weighted by Crippen LogP contribution is 2.36. The Morgan fingerprint density at radius 1 is 0.838 bits per heavy atom. The lowest BCUT2D eigenvalue weighted by Gasteiger charge is -2.20. The van der Waals surface area contributed by atoms with Crippen LogP contribution in [0.3, 0.4) is 0 Å². The average molecular weight is 532 g/mol. The predicted molar refractivity (Wildman–Crippen MR) is 129 cm³/mol. The molecular weight excluding hydrogens is 510 g/mol. The van der Waals surface area contributed by atoms with Crippen LogP contribution in [0.2, 0.25) is 0 Å². The summed E-state index contributed by atoms with van der Waals surface area (Å²) in [7, 11) is -3.88. The van der Waals surface area contributed by atoms with Crippen LogP contribution in [0.5, 0.6) is 0 Å². The minimum Gasteiger partial charge on any atom is -0.619 e. The summed E-state index contributed by atoms with van der Waals surface area (Å²) in [5.41, 5.74) is 0.0727. The Bertz CT molecular complexity index is 1450. The molecule has 1 unspecified atom stereocenters. The van der Waals surface area contributed by atoms with Gasteiger partial charge in [0.15, 0.2) is 12.4 Å². The van der Waals surface area contributed by atoms with E-state index in [2.05, 4.69) is 9.71 Å². The summed E-state index contributed by atoms with van der Waals surface area (Å²) in [6.45, 7) is 0. The van der Waals surface area contributed by atoms with Gasteiger partial charge in [-0.2, -0.15) is 4.73 Å². The Balaban J connectivity index is 1.69. The molecule has 0 aliphatic carbocycles. The Hall–Kier alpha value is -3.99. The largest absolute Gasteiger partial charge is 0.619 e. The third kappa shape index (κ3) is 6.23. The lowest BCUT2D eigenvalue weighted by molar-refractivity contribution is -0.605. The van der Waals surface area contributed by atoms with Crippen LogP contribution in [0.25, 0.3) is 0 Å². The molecule has 0 saturated heterocycles. The second-order valence-electron chi connectivity index (χ2n) is 8.21. The first-order valence-corrected chi connectivity index (χ1v) is 12.5. The molecule has 0 bridgehead atoms. The number of aromatic nitrogens is 2. The zero-order valence-electron chi connectivity index (χ0n) is 19.1. The van der Waals surface area contributed by atoms with E-state index in [9.17, 15) is 31.2 Å². The van der Waals surface area contributed by atoms with Crippen molar-refractivity contribution in [2.45, 2.75) is 30.1 Å². The van der Waals surface area contributed by atoms with Crippen molar-refractivity contribution in [1.29, 1.82) is 0 Å². The molecule has 4 aromatic rings. The molecule has 2 heterocycles. The van der Waals surface area contributed by atoms with E-state index in [4.69, 9.17) is 0 Å². The fourth-order valence-electron chi connectivity index (χ4n) is 3.91. The fourth-order valence-corrected chi connectivity index (χ4v) is 4.94. The molecule has 0 spiro atoms.